The van der Waals surface area contributed by atoms with E-state index in [1.54, 1.807) is 46.9 Å². The smallest absolute Gasteiger partial charge is 0.264 e. The van der Waals surface area contributed by atoms with Crippen LogP contribution in [0.1, 0.15) is 114 Å². The maximum Gasteiger partial charge on any atom is 0.264 e. The number of anilines is 4. The lowest BCUT2D eigenvalue weighted by molar-refractivity contribution is -0.136. The van der Waals surface area contributed by atoms with Crippen LogP contribution in [0, 0.1) is 5.92 Å². The quantitative estimate of drug-likeness (QED) is 0.160. The number of piperidine rings is 1. The van der Waals surface area contributed by atoms with E-state index in [4.69, 9.17) is 11.5 Å². The molecule has 0 radical (unpaired) electrons. The average molecular weight is 920 g/mol. The fourth-order valence-electron chi connectivity index (χ4n) is 10.8. The molecule has 5 amide bonds. The third kappa shape index (κ3) is 8.90. The maximum absolute atomic E-state index is 14.4. The number of alkyl halides is 2. The van der Waals surface area contributed by atoms with E-state index in [9.17, 15) is 32.8 Å². The summed E-state index contributed by atoms with van der Waals surface area (Å²) >= 11 is 0. The van der Waals surface area contributed by atoms with Crippen LogP contribution in [0.3, 0.4) is 0 Å². The highest BCUT2D eigenvalue weighted by Crippen LogP contribution is 2.44. The summed E-state index contributed by atoms with van der Waals surface area (Å²) in [6.45, 7) is 8.29. The summed E-state index contributed by atoms with van der Waals surface area (Å²) in [5, 5.41) is 9.89. The number of amides is 5. The SMILES string of the molecule is CC(=O)N1CCc2[nH]nc(N3CCCc4cc(-c5cn(C)c(/C=C\N)c5N)c(C(F)F)cc43)c2C1.O=C1CCC(N2C(=O)c3ccc(N4CCN(CC5CCCCC5)CC4)cc3C2=O)C(=O)N1. The van der Waals surface area contributed by atoms with Gasteiger partial charge in [-0.3, -0.25) is 44.2 Å². The molecule has 2 saturated heterocycles. The van der Waals surface area contributed by atoms with E-state index in [1.165, 1.54) is 44.8 Å². The number of nitrogens with zero attached hydrogens (tertiary/aromatic N) is 7. The predicted octanol–water partition coefficient (Wildman–Crippen LogP) is 5.64. The molecule has 3 fully saturated rings. The summed E-state index contributed by atoms with van der Waals surface area (Å²) in [6, 6.07) is 7.88. The molecular weight excluding hydrogens is 861 g/mol. The second kappa shape index (κ2) is 19.0. The first kappa shape index (κ1) is 45.6. The standard InChI is InChI=1S/C25H29F2N7O.C24H30N4O4/c1-14(35)33-9-6-20-19(13-33)25(31-30-20)34-8-3-4-15-10-16(17(24(26)27)11-22(15)34)18-12-32(2)21(5-7-28)23(18)29;29-21-9-8-20(22(30)25-21)28-23(31)18-7-6-17(14-19(18)24(28)32)27-12-10-26(11-13-27)15-16-4-2-1-3-5-16/h5,7,10-12,24H,3-4,6,8-9,13,28-29H2,1-2H3,(H,30,31);6-7,14,16,20H,1-5,8-13,15H2,(H,25,29,30)/b7-5-;. The Kier molecular flexibility index (Phi) is 12.9. The van der Waals surface area contributed by atoms with Gasteiger partial charge in [-0.25, -0.2) is 8.78 Å². The molecule has 354 valence electrons. The van der Waals surface area contributed by atoms with Crippen molar-refractivity contribution >= 4 is 58.5 Å². The summed E-state index contributed by atoms with van der Waals surface area (Å²) in [7, 11) is 1.81. The Morgan fingerprint density at radius 3 is 2.36 bits per heavy atom. The van der Waals surface area contributed by atoms with E-state index in [1.807, 2.05) is 24.1 Å². The fraction of sp³-hybridized carbons (Fsp3) is 0.469. The summed E-state index contributed by atoms with van der Waals surface area (Å²) < 4.78 is 30.6. The molecule has 5 aliphatic heterocycles. The molecule has 1 unspecified atom stereocenters. The number of halogens is 2. The Balaban J connectivity index is 0.000000169. The van der Waals surface area contributed by atoms with Crippen LogP contribution in [-0.2, 0) is 40.8 Å². The zero-order chi connectivity index (χ0) is 47.1. The number of H-pyrrole nitrogens is 1. The normalized spacial score (nSPS) is 20.3. The number of hydrogen-bond acceptors (Lipinski definition) is 11. The van der Waals surface area contributed by atoms with Crippen molar-refractivity contribution in [3.8, 4) is 11.1 Å². The zero-order valence-corrected chi connectivity index (χ0v) is 38.2. The first-order valence-corrected chi connectivity index (χ1v) is 23.5. The molecule has 0 bridgehead atoms. The number of fused-ring (bicyclic) bond motifs is 3. The van der Waals surface area contributed by atoms with Gasteiger partial charge < -0.3 is 30.7 Å². The third-order valence-electron chi connectivity index (χ3n) is 14.4. The minimum absolute atomic E-state index is 0.00997. The minimum atomic E-state index is -2.69. The first-order valence-electron chi connectivity index (χ1n) is 23.5. The van der Waals surface area contributed by atoms with Crippen molar-refractivity contribution in [2.75, 3.05) is 61.3 Å². The van der Waals surface area contributed by atoms with Crippen molar-refractivity contribution in [2.24, 2.45) is 18.7 Å². The van der Waals surface area contributed by atoms with Crippen LogP contribution in [0.2, 0.25) is 0 Å². The van der Waals surface area contributed by atoms with Gasteiger partial charge >= 0.3 is 0 Å². The summed E-state index contributed by atoms with van der Waals surface area (Å²) in [5.41, 5.74) is 19.1. The molecule has 6 N–H and O–H groups in total. The number of aryl methyl sites for hydroxylation is 2. The molecule has 67 heavy (non-hydrogen) atoms. The van der Waals surface area contributed by atoms with E-state index < -0.39 is 30.2 Å². The summed E-state index contributed by atoms with van der Waals surface area (Å²) in [5.74, 6) is -0.305. The van der Waals surface area contributed by atoms with Crippen molar-refractivity contribution < 1.29 is 32.8 Å². The van der Waals surface area contributed by atoms with E-state index in [0.717, 1.165) is 78.0 Å². The van der Waals surface area contributed by atoms with E-state index in [0.29, 0.717) is 65.5 Å². The maximum atomic E-state index is 14.4. The lowest BCUT2D eigenvalue weighted by atomic mass is 9.89. The molecule has 7 heterocycles. The van der Waals surface area contributed by atoms with Crippen LogP contribution in [0.4, 0.5) is 31.7 Å². The molecule has 2 aromatic heterocycles. The van der Waals surface area contributed by atoms with Gasteiger partial charge in [0.25, 0.3) is 18.2 Å². The number of imide groups is 2. The van der Waals surface area contributed by atoms with Gasteiger partial charge in [0.05, 0.1) is 29.1 Å². The molecule has 10 rings (SSSR count). The minimum Gasteiger partial charge on any atom is -0.405 e. The van der Waals surface area contributed by atoms with Crippen molar-refractivity contribution in [2.45, 2.75) is 90.1 Å². The van der Waals surface area contributed by atoms with Gasteiger partial charge in [0.1, 0.15) is 6.04 Å². The Hall–Kier alpha value is -6.56. The molecule has 16 nitrogen and oxygen atoms in total. The number of benzene rings is 2. The number of aromatic nitrogens is 3. The second-order valence-electron chi connectivity index (χ2n) is 18.6. The largest absolute Gasteiger partial charge is 0.405 e. The van der Waals surface area contributed by atoms with E-state index >= 15 is 0 Å². The van der Waals surface area contributed by atoms with Crippen LogP contribution in [0.25, 0.3) is 17.2 Å². The molecule has 2 aromatic carbocycles. The van der Waals surface area contributed by atoms with Crippen LogP contribution in [-0.4, -0.2) is 111 Å². The Bertz CT molecular complexity index is 2630. The van der Waals surface area contributed by atoms with Gasteiger partial charge in [-0.2, -0.15) is 5.10 Å². The number of nitrogens with two attached hydrogens (primary N) is 2. The third-order valence-corrected chi connectivity index (χ3v) is 14.4. The van der Waals surface area contributed by atoms with E-state index in [2.05, 4.69) is 25.3 Å². The number of nitrogen functional groups attached to an aromatic ring is 1. The highest BCUT2D eigenvalue weighted by molar-refractivity contribution is 6.23. The lowest BCUT2D eigenvalue weighted by Gasteiger charge is -2.38. The van der Waals surface area contributed by atoms with Gasteiger partial charge in [-0.1, -0.05) is 19.3 Å². The highest BCUT2D eigenvalue weighted by atomic mass is 19.3. The molecule has 1 atom stereocenters. The Morgan fingerprint density at radius 1 is 0.881 bits per heavy atom. The Labute approximate surface area is 388 Å². The number of carbonyl (C=O) groups excluding carboxylic acids is 5. The van der Waals surface area contributed by atoms with Crippen LogP contribution in [0.15, 0.2) is 42.7 Å². The van der Waals surface area contributed by atoms with Gasteiger partial charge in [-0.05, 0) is 91.8 Å². The van der Waals surface area contributed by atoms with Crippen LogP contribution in [0.5, 0.6) is 0 Å². The van der Waals surface area contributed by atoms with Crippen molar-refractivity contribution in [3.05, 3.63) is 81.9 Å². The van der Waals surface area contributed by atoms with Gasteiger partial charge in [0.2, 0.25) is 17.7 Å². The number of aromatic amines is 1. The van der Waals surface area contributed by atoms with Crippen molar-refractivity contribution in [1.82, 2.24) is 34.8 Å². The topological polar surface area (TPSA) is 199 Å². The molecule has 0 spiro atoms. The predicted molar refractivity (Wildman–Crippen MR) is 250 cm³/mol. The van der Waals surface area contributed by atoms with Gasteiger partial charge in [0, 0.05) is 113 Å². The summed E-state index contributed by atoms with van der Waals surface area (Å²) in [6.07, 6.45) is 11.5. The molecule has 1 aliphatic carbocycles. The molecular formula is C49H59F2N11O5. The number of carbonyl (C=O) groups is 5. The first-order chi connectivity index (χ1) is 32.3. The fourth-order valence-corrected chi connectivity index (χ4v) is 10.8. The molecule has 6 aliphatic rings. The van der Waals surface area contributed by atoms with Gasteiger partial charge in [-0.15, -0.1) is 0 Å². The molecule has 1 saturated carbocycles. The second-order valence-corrected chi connectivity index (χ2v) is 18.6. The number of piperazine rings is 1. The number of rotatable bonds is 8. The van der Waals surface area contributed by atoms with Crippen LogP contribution < -0.4 is 26.6 Å². The lowest BCUT2D eigenvalue weighted by Crippen LogP contribution is -2.54. The number of hydrogen-bond donors (Lipinski definition) is 4. The Morgan fingerprint density at radius 2 is 1.64 bits per heavy atom. The van der Waals surface area contributed by atoms with Gasteiger partial charge in [0.15, 0.2) is 5.82 Å². The van der Waals surface area contributed by atoms with Crippen LogP contribution >= 0.6 is 0 Å². The number of nitrogens with one attached hydrogen (secondary N) is 2. The molecule has 4 aromatic rings. The summed E-state index contributed by atoms with van der Waals surface area (Å²) in [4.78, 5) is 71.2. The monoisotopic (exact) mass is 919 g/mol. The molecule has 18 heteroatoms. The van der Waals surface area contributed by atoms with E-state index in [-0.39, 0.29) is 30.2 Å². The highest BCUT2D eigenvalue weighted by Gasteiger charge is 2.45. The zero-order valence-electron chi connectivity index (χ0n) is 38.2. The van der Waals surface area contributed by atoms with Crippen molar-refractivity contribution in [1.29, 1.82) is 0 Å². The van der Waals surface area contributed by atoms with Crippen molar-refractivity contribution in [3.63, 3.8) is 0 Å². The average Bonchev–Trinajstić information content (AvgIpc) is 3.96.